The molecule has 2 aromatic rings. The van der Waals surface area contributed by atoms with E-state index in [1.165, 1.54) is 4.31 Å². The lowest BCUT2D eigenvalue weighted by molar-refractivity contribution is 0.0657. The van der Waals surface area contributed by atoms with Crippen LogP contribution in [-0.4, -0.2) is 77.8 Å². The van der Waals surface area contributed by atoms with E-state index in [1.807, 2.05) is 18.0 Å². The fourth-order valence-electron chi connectivity index (χ4n) is 4.09. The molecule has 0 N–H and O–H groups in total. The number of para-hydroxylation sites is 1. The second-order valence-electron chi connectivity index (χ2n) is 8.21. The predicted molar refractivity (Wildman–Crippen MR) is 107 cm³/mol. The first-order chi connectivity index (χ1) is 13.9. The van der Waals surface area contributed by atoms with E-state index in [1.54, 1.807) is 29.1 Å². The molecule has 0 unspecified atom stereocenters. The van der Waals surface area contributed by atoms with Crippen LogP contribution in [0.15, 0.2) is 35.5 Å². The third-order valence-electron chi connectivity index (χ3n) is 6.09. The van der Waals surface area contributed by atoms with Crippen LogP contribution < -0.4 is 0 Å². The molecule has 0 spiro atoms. The van der Waals surface area contributed by atoms with Crippen LogP contribution in [0, 0.1) is 5.92 Å². The van der Waals surface area contributed by atoms with Crippen molar-refractivity contribution in [1.29, 1.82) is 0 Å². The summed E-state index contributed by atoms with van der Waals surface area (Å²) in [5, 5.41) is 0. The molecule has 1 saturated heterocycles. The molecule has 5 rings (SSSR count). The number of aromatic nitrogens is 2. The number of hydrogen-bond acceptors (Lipinski definition) is 5. The number of piperazine rings is 1. The van der Waals surface area contributed by atoms with Crippen molar-refractivity contribution in [3.05, 3.63) is 42.0 Å². The molecule has 1 saturated carbocycles. The Labute approximate surface area is 170 Å². The van der Waals surface area contributed by atoms with Gasteiger partial charge in [-0.2, -0.15) is 4.31 Å². The maximum Gasteiger partial charge on any atom is 0.274 e. The maximum absolute atomic E-state index is 13.4. The summed E-state index contributed by atoms with van der Waals surface area (Å²) >= 11 is 0. The number of hydrogen-bond donors (Lipinski definition) is 0. The summed E-state index contributed by atoms with van der Waals surface area (Å²) in [6.07, 6.45) is 3.70. The highest BCUT2D eigenvalue weighted by Gasteiger charge is 2.38. The maximum atomic E-state index is 13.4. The Morgan fingerprint density at radius 1 is 1.14 bits per heavy atom. The molecule has 1 aliphatic carbocycles. The first-order valence-corrected chi connectivity index (χ1v) is 11.5. The van der Waals surface area contributed by atoms with E-state index in [0.717, 1.165) is 25.9 Å². The summed E-state index contributed by atoms with van der Waals surface area (Å²) in [5.74, 6) is 0.290. The highest BCUT2D eigenvalue weighted by Crippen LogP contribution is 2.36. The van der Waals surface area contributed by atoms with Crippen molar-refractivity contribution < 1.29 is 13.2 Å². The summed E-state index contributed by atoms with van der Waals surface area (Å²) in [6.45, 7) is 3.62. The second kappa shape index (κ2) is 6.93. The van der Waals surface area contributed by atoms with Crippen molar-refractivity contribution in [2.75, 3.05) is 39.8 Å². The van der Waals surface area contributed by atoms with Gasteiger partial charge in [0.2, 0.25) is 10.0 Å². The van der Waals surface area contributed by atoms with Crippen LogP contribution in [0.25, 0.3) is 5.69 Å². The van der Waals surface area contributed by atoms with E-state index in [9.17, 15) is 13.2 Å². The normalized spacial score (nSPS) is 22.0. The third-order valence-corrected chi connectivity index (χ3v) is 7.95. The van der Waals surface area contributed by atoms with E-state index in [-0.39, 0.29) is 17.3 Å². The van der Waals surface area contributed by atoms with E-state index in [2.05, 4.69) is 9.88 Å². The fourth-order valence-corrected chi connectivity index (χ4v) is 5.75. The summed E-state index contributed by atoms with van der Waals surface area (Å²) in [6, 6.07) is 6.98. The number of fused-ring (bicyclic) bond motifs is 3. The molecule has 0 radical (unpaired) electrons. The van der Waals surface area contributed by atoms with Crippen molar-refractivity contribution in [3.8, 4) is 5.69 Å². The zero-order valence-electron chi connectivity index (χ0n) is 16.5. The van der Waals surface area contributed by atoms with Gasteiger partial charge < -0.3 is 9.80 Å². The van der Waals surface area contributed by atoms with Gasteiger partial charge in [0, 0.05) is 32.7 Å². The molecule has 3 aliphatic rings. The number of carbonyl (C=O) groups excluding carboxylic acids is 1. The average molecular weight is 416 g/mol. The summed E-state index contributed by atoms with van der Waals surface area (Å²) < 4.78 is 30.0. The summed E-state index contributed by atoms with van der Waals surface area (Å²) in [7, 11) is -1.59. The van der Waals surface area contributed by atoms with E-state index in [0.29, 0.717) is 42.6 Å². The Bertz CT molecular complexity index is 1050. The molecular formula is C20H25N5O3S. The Hall–Kier alpha value is -2.23. The molecule has 1 amide bonds. The van der Waals surface area contributed by atoms with Gasteiger partial charge in [0.25, 0.3) is 5.91 Å². The molecule has 3 heterocycles. The molecule has 1 aromatic heterocycles. The van der Waals surface area contributed by atoms with Gasteiger partial charge in [-0.3, -0.25) is 9.36 Å². The molecule has 1 aromatic carbocycles. The van der Waals surface area contributed by atoms with E-state index < -0.39 is 10.0 Å². The summed E-state index contributed by atoms with van der Waals surface area (Å²) in [4.78, 5) is 22.0. The van der Waals surface area contributed by atoms with Crippen LogP contribution in [0.3, 0.4) is 0 Å². The summed E-state index contributed by atoms with van der Waals surface area (Å²) in [5.41, 5.74) is 1.58. The number of rotatable bonds is 3. The van der Waals surface area contributed by atoms with Gasteiger partial charge in [0.1, 0.15) is 11.2 Å². The quantitative estimate of drug-likeness (QED) is 0.752. The molecular weight excluding hydrogens is 390 g/mol. The minimum Gasteiger partial charge on any atom is -0.335 e. The monoisotopic (exact) mass is 415 g/mol. The Balaban J connectivity index is 1.58. The fraction of sp³-hybridized carbons (Fsp3) is 0.500. The Morgan fingerprint density at radius 3 is 2.59 bits per heavy atom. The van der Waals surface area contributed by atoms with Gasteiger partial charge in [-0.15, -0.1) is 0 Å². The zero-order valence-corrected chi connectivity index (χ0v) is 17.3. The Kier molecular flexibility index (Phi) is 4.49. The third kappa shape index (κ3) is 3.27. The number of benzene rings is 1. The molecule has 0 atom stereocenters. The minimum atomic E-state index is -3.63. The highest BCUT2D eigenvalue weighted by molar-refractivity contribution is 7.89. The van der Waals surface area contributed by atoms with Crippen molar-refractivity contribution in [2.45, 2.75) is 24.3 Å². The lowest BCUT2D eigenvalue weighted by Gasteiger charge is -2.32. The van der Waals surface area contributed by atoms with Crippen molar-refractivity contribution in [2.24, 2.45) is 5.92 Å². The van der Waals surface area contributed by atoms with Gasteiger partial charge in [0.15, 0.2) is 5.69 Å². The average Bonchev–Trinajstić information content (AvgIpc) is 3.45. The smallest absolute Gasteiger partial charge is 0.274 e. The molecule has 8 nitrogen and oxygen atoms in total. The number of sulfonamides is 1. The zero-order chi connectivity index (χ0) is 20.2. The number of carbonyl (C=O) groups is 1. The topological polar surface area (TPSA) is 78.8 Å². The Morgan fingerprint density at radius 2 is 1.86 bits per heavy atom. The van der Waals surface area contributed by atoms with Crippen LogP contribution in [-0.2, 0) is 16.6 Å². The van der Waals surface area contributed by atoms with Crippen LogP contribution in [0.4, 0.5) is 0 Å². The first kappa shape index (κ1) is 18.8. The van der Waals surface area contributed by atoms with E-state index >= 15 is 0 Å². The number of likely N-dealkylation sites (N-methyl/N-ethyl adjacent to an activating group) is 1. The van der Waals surface area contributed by atoms with Crippen molar-refractivity contribution in [1.82, 2.24) is 23.7 Å². The number of imidazole rings is 1. The SMILES string of the molecule is CN1CCN(C(=O)c2ncn3c2CN(CC2CC2)S(=O)(=O)c2ccccc2-3)CC1. The van der Waals surface area contributed by atoms with Crippen LogP contribution in [0.5, 0.6) is 0 Å². The van der Waals surface area contributed by atoms with E-state index in [4.69, 9.17) is 0 Å². The number of nitrogens with zero attached hydrogens (tertiary/aromatic N) is 5. The lowest BCUT2D eigenvalue weighted by atomic mass is 10.2. The lowest BCUT2D eigenvalue weighted by Crippen LogP contribution is -2.47. The molecule has 154 valence electrons. The van der Waals surface area contributed by atoms with Crippen LogP contribution in [0.1, 0.15) is 29.0 Å². The molecule has 2 fully saturated rings. The highest BCUT2D eigenvalue weighted by atomic mass is 32.2. The molecule has 29 heavy (non-hydrogen) atoms. The molecule has 0 bridgehead atoms. The van der Waals surface area contributed by atoms with Crippen LogP contribution >= 0.6 is 0 Å². The van der Waals surface area contributed by atoms with Gasteiger partial charge in [-0.05, 0) is 37.9 Å². The largest absolute Gasteiger partial charge is 0.335 e. The first-order valence-electron chi connectivity index (χ1n) is 10.1. The van der Waals surface area contributed by atoms with Crippen LogP contribution in [0.2, 0.25) is 0 Å². The van der Waals surface area contributed by atoms with Crippen molar-refractivity contribution in [3.63, 3.8) is 0 Å². The van der Waals surface area contributed by atoms with Gasteiger partial charge in [0.05, 0.1) is 17.9 Å². The van der Waals surface area contributed by atoms with Gasteiger partial charge in [-0.25, -0.2) is 13.4 Å². The second-order valence-corrected chi connectivity index (χ2v) is 10.1. The number of amides is 1. The molecule has 9 heteroatoms. The predicted octanol–water partition coefficient (Wildman–Crippen LogP) is 1.17. The molecule has 2 aliphatic heterocycles. The van der Waals surface area contributed by atoms with Gasteiger partial charge in [-0.1, -0.05) is 12.1 Å². The van der Waals surface area contributed by atoms with Crippen molar-refractivity contribution >= 4 is 15.9 Å². The minimum absolute atomic E-state index is 0.116. The standard InChI is InChI=1S/C20H25N5O3S/c1-22-8-10-23(11-9-22)20(26)19-17-13-24(12-15-6-7-15)29(27,28)18-5-3-2-4-16(18)25(17)14-21-19/h2-5,14-15H,6-13H2,1H3. The van der Waals surface area contributed by atoms with Gasteiger partial charge >= 0.3 is 0 Å².